The number of nitrogens with one attached hydrogen (secondary N) is 1. The van der Waals surface area contributed by atoms with E-state index in [1.54, 1.807) is 4.90 Å². The van der Waals surface area contributed by atoms with Gasteiger partial charge in [-0.15, -0.1) is 0 Å². The first-order chi connectivity index (χ1) is 13.1. The highest BCUT2D eigenvalue weighted by Crippen LogP contribution is 2.29. The first-order valence-electron chi connectivity index (χ1n) is 9.68. The van der Waals surface area contributed by atoms with Gasteiger partial charge in [0.05, 0.1) is 12.5 Å². The Balaban J connectivity index is 1.70. The number of hydrogen-bond acceptors (Lipinski definition) is 4. The molecule has 1 saturated carbocycles. The molecule has 6 nitrogen and oxygen atoms in total. The predicted octanol–water partition coefficient (Wildman–Crippen LogP) is 2.13. The highest BCUT2D eigenvalue weighted by atomic mass is 19.1. The first-order valence-corrected chi connectivity index (χ1v) is 9.68. The molecule has 148 valence electrons. The van der Waals surface area contributed by atoms with Gasteiger partial charge in [-0.25, -0.2) is 4.39 Å². The average molecular weight is 378 g/mol. The third-order valence-electron chi connectivity index (χ3n) is 5.20. The van der Waals surface area contributed by atoms with Crippen LogP contribution in [0.4, 0.5) is 4.39 Å². The summed E-state index contributed by atoms with van der Waals surface area (Å²) in [5, 5.41) is 2.93. The van der Waals surface area contributed by atoms with Crippen LogP contribution in [0.15, 0.2) is 24.3 Å². The maximum atomic E-state index is 13.0. The van der Waals surface area contributed by atoms with Crippen molar-refractivity contribution in [1.29, 1.82) is 0 Å². The minimum atomic E-state index is -0.350. The smallest absolute Gasteiger partial charge is 0.260 e. The van der Waals surface area contributed by atoms with Gasteiger partial charge in [-0.1, -0.05) is 12.8 Å². The summed E-state index contributed by atoms with van der Waals surface area (Å²) in [5.41, 5.74) is 0. The summed E-state index contributed by atoms with van der Waals surface area (Å²) in [7, 11) is 0. The van der Waals surface area contributed by atoms with E-state index in [0.717, 1.165) is 32.1 Å². The Morgan fingerprint density at radius 3 is 2.78 bits per heavy atom. The van der Waals surface area contributed by atoms with Crippen LogP contribution in [0, 0.1) is 11.7 Å². The molecule has 0 unspecified atom stereocenters. The second kappa shape index (κ2) is 9.69. The van der Waals surface area contributed by atoms with Crippen molar-refractivity contribution in [3.8, 4) is 5.75 Å². The molecule has 2 aliphatic rings. The topological polar surface area (TPSA) is 67.9 Å². The van der Waals surface area contributed by atoms with Crippen LogP contribution in [0.2, 0.25) is 0 Å². The number of halogens is 1. The van der Waals surface area contributed by atoms with Gasteiger partial charge in [0.2, 0.25) is 5.91 Å². The van der Waals surface area contributed by atoms with Gasteiger partial charge in [0, 0.05) is 25.7 Å². The van der Waals surface area contributed by atoms with Gasteiger partial charge in [-0.05, 0) is 43.5 Å². The van der Waals surface area contributed by atoms with E-state index in [4.69, 9.17) is 9.47 Å². The molecule has 1 aliphatic heterocycles. The van der Waals surface area contributed by atoms with Crippen LogP contribution in [0.3, 0.4) is 0 Å². The summed E-state index contributed by atoms with van der Waals surface area (Å²) in [4.78, 5) is 27.3. The van der Waals surface area contributed by atoms with E-state index in [1.807, 2.05) is 0 Å². The Morgan fingerprint density at radius 1 is 1.19 bits per heavy atom. The summed E-state index contributed by atoms with van der Waals surface area (Å²) >= 11 is 0. The number of benzene rings is 1. The van der Waals surface area contributed by atoms with Gasteiger partial charge in [0.1, 0.15) is 11.6 Å². The Kier molecular flexibility index (Phi) is 7.04. The summed E-state index contributed by atoms with van der Waals surface area (Å²) < 4.78 is 24.1. The molecule has 27 heavy (non-hydrogen) atoms. The highest BCUT2D eigenvalue weighted by Gasteiger charge is 2.37. The standard InChI is InChI=1S/C20H27FN2O4/c21-15-6-8-16(9-7-15)27-14-19(24)23-11-3-12-26-13-10-22-20(25)17-4-1-2-5-18(17)23/h6-9,17-18H,1-5,10-14H2,(H,22,25)/t17-,18+/m1/s1. The van der Waals surface area contributed by atoms with Gasteiger partial charge in [-0.2, -0.15) is 0 Å². The molecule has 1 aromatic carbocycles. The van der Waals surface area contributed by atoms with E-state index < -0.39 is 0 Å². The van der Waals surface area contributed by atoms with Crippen LogP contribution in [-0.4, -0.2) is 55.7 Å². The second-order valence-electron chi connectivity index (χ2n) is 7.04. The lowest BCUT2D eigenvalue weighted by atomic mass is 9.82. The quantitative estimate of drug-likeness (QED) is 0.875. The average Bonchev–Trinajstić information content (AvgIpc) is 2.72. The van der Waals surface area contributed by atoms with E-state index >= 15 is 0 Å². The van der Waals surface area contributed by atoms with Crippen molar-refractivity contribution in [1.82, 2.24) is 10.2 Å². The van der Waals surface area contributed by atoms with Crippen molar-refractivity contribution in [3.63, 3.8) is 0 Å². The molecule has 2 fully saturated rings. The van der Waals surface area contributed by atoms with Crippen LogP contribution in [0.25, 0.3) is 0 Å². The van der Waals surface area contributed by atoms with Gasteiger partial charge in [0.25, 0.3) is 5.91 Å². The summed E-state index contributed by atoms with van der Waals surface area (Å²) in [6, 6.07) is 5.49. The zero-order chi connectivity index (χ0) is 19.1. The lowest BCUT2D eigenvalue weighted by Crippen LogP contribution is -2.52. The van der Waals surface area contributed by atoms with Crippen molar-refractivity contribution in [3.05, 3.63) is 30.1 Å². The van der Waals surface area contributed by atoms with Crippen LogP contribution in [-0.2, 0) is 14.3 Å². The van der Waals surface area contributed by atoms with E-state index in [9.17, 15) is 14.0 Å². The van der Waals surface area contributed by atoms with Gasteiger partial charge >= 0.3 is 0 Å². The number of carbonyl (C=O) groups is 2. The fourth-order valence-electron chi connectivity index (χ4n) is 3.84. The monoisotopic (exact) mass is 378 g/mol. The molecule has 3 rings (SSSR count). The number of carbonyl (C=O) groups excluding carboxylic acids is 2. The van der Waals surface area contributed by atoms with Crippen molar-refractivity contribution in [2.24, 2.45) is 5.92 Å². The molecular formula is C20H27FN2O4. The van der Waals surface area contributed by atoms with Crippen LogP contribution >= 0.6 is 0 Å². The maximum Gasteiger partial charge on any atom is 0.260 e. The van der Waals surface area contributed by atoms with Crippen LogP contribution in [0.5, 0.6) is 5.75 Å². The second-order valence-corrected chi connectivity index (χ2v) is 7.04. The van der Waals surface area contributed by atoms with Crippen LogP contribution in [0.1, 0.15) is 32.1 Å². The molecule has 1 aromatic rings. The normalized spacial score (nSPS) is 24.3. The molecule has 2 amide bonds. The van der Waals surface area contributed by atoms with Crippen LogP contribution < -0.4 is 10.1 Å². The largest absolute Gasteiger partial charge is 0.484 e. The molecule has 1 heterocycles. The minimum absolute atomic E-state index is 0.00227. The van der Waals surface area contributed by atoms with E-state index in [0.29, 0.717) is 32.1 Å². The fraction of sp³-hybridized carbons (Fsp3) is 0.600. The number of amides is 2. The third-order valence-corrected chi connectivity index (χ3v) is 5.20. The number of hydrogen-bond donors (Lipinski definition) is 1. The lowest BCUT2D eigenvalue weighted by Gasteiger charge is -2.39. The van der Waals surface area contributed by atoms with E-state index in [2.05, 4.69) is 5.32 Å². The molecule has 7 heteroatoms. The number of rotatable bonds is 3. The summed E-state index contributed by atoms with van der Waals surface area (Å²) in [6.07, 6.45) is 4.34. The number of fused-ring (bicyclic) bond motifs is 1. The van der Waals surface area contributed by atoms with Gasteiger partial charge in [-0.3, -0.25) is 9.59 Å². The summed E-state index contributed by atoms with van der Waals surface area (Å²) in [5.74, 6) is -0.238. The molecule has 1 N–H and O–H groups in total. The predicted molar refractivity (Wildman–Crippen MR) is 97.8 cm³/mol. The van der Waals surface area contributed by atoms with Crippen molar-refractivity contribution >= 4 is 11.8 Å². The molecule has 1 saturated heterocycles. The van der Waals surface area contributed by atoms with Gasteiger partial charge < -0.3 is 19.7 Å². The number of nitrogens with zero attached hydrogens (tertiary/aromatic N) is 1. The molecule has 0 bridgehead atoms. The Bertz CT molecular complexity index is 637. The lowest BCUT2D eigenvalue weighted by molar-refractivity contribution is -0.140. The molecule has 0 spiro atoms. The molecule has 0 aromatic heterocycles. The van der Waals surface area contributed by atoms with Crippen molar-refractivity contribution < 1.29 is 23.5 Å². The van der Waals surface area contributed by atoms with E-state index in [1.165, 1.54) is 24.3 Å². The Labute approximate surface area is 159 Å². The zero-order valence-electron chi connectivity index (χ0n) is 15.5. The molecule has 1 aliphatic carbocycles. The SMILES string of the molecule is O=C1NCCOCCCN(C(=O)COc2ccc(F)cc2)[C@H]2CCCC[C@@H]12. The van der Waals surface area contributed by atoms with Gasteiger partial charge in [0.15, 0.2) is 6.61 Å². The fourth-order valence-corrected chi connectivity index (χ4v) is 3.84. The van der Waals surface area contributed by atoms with Crippen molar-refractivity contribution in [2.75, 3.05) is 32.9 Å². The Morgan fingerprint density at radius 2 is 1.96 bits per heavy atom. The highest BCUT2D eigenvalue weighted by molar-refractivity contribution is 5.82. The molecule has 0 radical (unpaired) electrons. The molecule has 2 atom stereocenters. The maximum absolute atomic E-state index is 13.0. The summed E-state index contributed by atoms with van der Waals surface area (Å²) in [6.45, 7) is 1.96. The third kappa shape index (κ3) is 5.42. The minimum Gasteiger partial charge on any atom is -0.484 e. The number of ether oxygens (including phenoxy) is 2. The molecular weight excluding hydrogens is 351 g/mol. The van der Waals surface area contributed by atoms with E-state index in [-0.39, 0.29) is 36.2 Å². The van der Waals surface area contributed by atoms with Crippen molar-refractivity contribution in [2.45, 2.75) is 38.1 Å². The Hall–Kier alpha value is -2.15. The first kappa shape index (κ1) is 19.6. The zero-order valence-corrected chi connectivity index (χ0v) is 15.5.